The van der Waals surface area contributed by atoms with Crippen molar-refractivity contribution < 1.29 is 14.3 Å². The molecule has 0 spiro atoms. The third-order valence-corrected chi connectivity index (χ3v) is 5.36. The summed E-state index contributed by atoms with van der Waals surface area (Å²) in [5.41, 5.74) is -0.398. The summed E-state index contributed by atoms with van der Waals surface area (Å²) in [5, 5.41) is 5.15. The van der Waals surface area contributed by atoms with E-state index in [1.165, 1.54) is 0 Å². The molecule has 110 valence electrons. The van der Waals surface area contributed by atoms with E-state index in [2.05, 4.69) is 11.4 Å². The van der Waals surface area contributed by atoms with Gasteiger partial charge < -0.3 is 14.8 Å². The van der Waals surface area contributed by atoms with E-state index in [-0.39, 0.29) is 12.0 Å². The second kappa shape index (κ2) is 6.24. The number of carbonyl (C=O) groups is 1. The quantitative estimate of drug-likeness (QED) is 0.925. The summed E-state index contributed by atoms with van der Waals surface area (Å²) >= 11 is 1.67. The van der Waals surface area contributed by atoms with Crippen molar-refractivity contribution in [3.8, 4) is 0 Å². The Morgan fingerprint density at radius 1 is 1.40 bits per heavy atom. The highest BCUT2D eigenvalue weighted by Gasteiger charge is 2.42. The summed E-state index contributed by atoms with van der Waals surface area (Å²) in [6.45, 7) is 2.77. The van der Waals surface area contributed by atoms with E-state index in [1.54, 1.807) is 11.3 Å². The molecule has 1 aromatic heterocycles. The molecule has 1 atom stereocenters. The van der Waals surface area contributed by atoms with E-state index in [4.69, 9.17) is 9.47 Å². The van der Waals surface area contributed by atoms with E-state index >= 15 is 0 Å². The van der Waals surface area contributed by atoms with Crippen molar-refractivity contribution in [2.24, 2.45) is 0 Å². The number of nitrogens with one attached hydrogen (secondary N) is 1. The van der Waals surface area contributed by atoms with E-state index in [0.29, 0.717) is 19.8 Å². The fourth-order valence-corrected chi connectivity index (χ4v) is 4.02. The summed E-state index contributed by atoms with van der Waals surface area (Å²) in [6.07, 6.45) is 3.88. The first-order valence-electron chi connectivity index (χ1n) is 7.33. The van der Waals surface area contributed by atoms with Crippen LogP contribution in [0.2, 0.25) is 0 Å². The van der Waals surface area contributed by atoms with Gasteiger partial charge in [-0.05, 0) is 37.1 Å². The molecule has 0 saturated carbocycles. The van der Waals surface area contributed by atoms with Gasteiger partial charge in [0, 0.05) is 31.2 Å². The van der Waals surface area contributed by atoms with Crippen LogP contribution in [-0.2, 0) is 19.7 Å². The van der Waals surface area contributed by atoms with Gasteiger partial charge >= 0.3 is 0 Å². The van der Waals surface area contributed by atoms with Gasteiger partial charge in [-0.1, -0.05) is 6.07 Å². The predicted molar refractivity (Wildman–Crippen MR) is 78.0 cm³/mol. The molecule has 0 bridgehead atoms. The summed E-state index contributed by atoms with van der Waals surface area (Å²) in [7, 11) is 0. The molecule has 3 rings (SSSR count). The minimum atomic E-state index is -0.398. The van der Waals surface area contributed by atoms with Crippen molar-refractivity contribution in [3.63, 3.8) is 0 Å². The number of amides is 1. The zero-order valence-corrected chi connectivity index (χ0v) is 12.4. The maximum Gasteiger partial charge on any atom is 0.231 e. The topological polar surface area (TPSA) is 47.6 Å². The monoisotopic (exact) mass is 295 g/mol. The van der Waals surface area contributed by atoms with Crippen LogP contribution in [0.3, 0.4) is 0 Å². The van der Waals surface area contributed by atoms with E-state index in [9.17, 15) is 4.79 Å². The van der Waals surface area contributed by atoms with Crippen LogP contribution < -0.4 is 5.32 Å². The van der Waals surface area contributed by atoms with Gasteiger partial charge in [-0.15, -0.1) is 11.3 Å². The third-order valence-electron chi connectivity index (χ3n) is 4.29. The van der Waals surface area contributed by atoms with Gasteiger partial charge in [-0.2, -0.15) is 0 Å². The van der Waals surface area contributed by atoms with E-state index in [0.717, 1.165) is 37.2 Å². The second-order valence-corrected chi connectivity index (χ2v) is 6.46. The average Bonchev–Trinajstić information content (AvgIpc) is 3.18. The molecule has 20 heavy (non-hydrogen) atoms. The van der Waals surface area contributed by atoms with Crippen molar-refractivity contribution in [3.05, 3.63) is 22.4 Å². The summed E-state index contributed by atoms with van der Waals surface area (Å²) < 4.78 is 11.0. The van der Waals surface area contributed by atoms with Crippen LogP contribution in [0.1, 0.15) is 30.6 Å². The van der Waals surface area contributed by atoms with Gasteiger partial charge in [0.15, 0.2) is 0 Å². The molecule has 2 saturated heterocycles. The van der Waals surface area contributed by atoms with Crippen LogP contribution in [0, 0.1) is 0 Å². The molecule has 0 radical (unpaired) electrons. The molecule has 1 amide bonds. The van der Waals surface area contributed by atoms with Crippen LogP contribution in [0.25, 0.3) is 0 Å². The molecule has 1 aromatic rings. The highest BCUT2D eigenvalue weighted by atomic mass is 32.1. The maximum absolute atomic E-state index is 12.8. The lowest BCUT2D eigenvalue weighted by atomic mass is 9.78. The Hall–Kier alpha value is -0.910. The zero-order chi connectivity index (χ0) is 13.8. The fraction of sp³-hybridized carbons (Fsp3) is 0.667. The first kappa shape index (κ1) is 14.0. The lowest BCUT2D eigenvalue weighted by molar-refractivity contribution is -0.130. The van der Waals surface area contributed by atoms with Gasteiger partial charge in [-0.3, -0.25) is 4.79 Å². The number of hydrogen-bond acceptors (Lipinski definition) is 4. The van der Waals surface area contributed by atoms with Crippen LogP contribution in [-0.4, -0.2) is 38.4 Å². The first-order valence-corrected chi connectivity index (χ1v) is 8.21. The fourth-order valence-electron chi connectivity index (χ4n) is 3.04. The van der Waals surface area contributed by atoms with Crippen LogP contribution in [0.15, 0.2) is 17.5 Å². The Morgan fingerprint density at radius 2 is 2.25 bits per heavy atom. The minimum absolute atomic E-state index is 0.138. The van der Waals surface area contributed by atoms with E-state index < -0.39 is 5.41 Å². The smallest absolute Gasteiger partial charge is 0.231 e. The average molecular weight is 295 g/mol. The molecule has 2 aliphatic heterocycles. The van der Waals surface area contributed by atoms with Crippen LogP contribution in [0.5, 0.6) is 0 Å². The van der Waals surface area contributed by atoms with Crippen molar-refractivity contribution in [2.75, 3.05) is 26.4 Å². The number of thiophene rings is 1. The second-order valence-electron chi connectivity index (χ2n) is 5.52. The Labute approximate surface area is 123 Å². The largest absolute Gasteiger partial charge is 0.381 e. The third kappa shape index (κ3) is 2.75. The molecule has 0 unspecified atom stereocenters. The van der Waals surface area contributed by atoms with Gasteiger partial charge in [0.2, 0.25) is 5.91 Å². The number of rotatable bonds is 4. The van der Waals surface area contributed by atoms with Crippen molar-refractivity contribution in [1.29, 1.82) is 0 Å². The minimum Gasteiger partial charge on any atom is -0.381 e. The Kier molecular flexibility index (Phi) is 4.38. The lowest BCUT2D eigenvalue weighted by Crippen LogP contribution is -2.49. The maximum atomic E-state index is 12.8. The predicted octanol–water partition coefficient (Wildman–Crippen LogP) is 2.09. The Bertz CT molecular complexity index is 434. The summed E-state index contributed by atoms with van der Waals surface area (Å²) in [5.74, 6) is 0.138. The highest BCUT2D eigenvalue weighted by Crippen LogP contribution is 2.37. The van der Waals surface area contributed by atoms with Gasteiger partial charge in [0.25, 0.3) is 0 Å². The molecule has 0 aliphatic carbocycles. The normalized spacial score (nSPS) is 25.5. The Morgan fingerprint density at radius 3 is 2.90 bits per heavy atom. The first-order chi connectivity index (χ1) is 9.81. The van der Waals surface area contributed by atoms with Crippen LogP contribution in [0.4, 0.5) is 0 Å². The number of carbonyl (C=O) groups excluding carboxylic acids is 1. The SMILES string of the molecule is O=C(NC[C@H]1CCCO1)C1(c2cccs2)CCOCC1. The molecule has 1 N–H and O–H groups in total. The lowest BCUT2D eigenvalue weighted by Gasteiger charge is -2.35. The van der Waals surface area contributed by atoms with Gasteiger partial charge in [-0.25, -0.2) is 0 Å². The molecular formula is C15H21NO3S. The number of ether oxygens (including phenoxy) is 2. The van der Waals surface area contributed by atoms with Crippen molar-refractivity contribution >= 4 is 17.2 Å². The van der Waals surface area contributed by atoms with Gasteiger partial charge in [0.05, 0.1) is 11.5 Å². The summed E-state index contributed by atoms with van der Waals surface area (Å²) in [6, 6.07) is 4.09. The zero-order valence-electron chi connectivity index (χ0n) is 11.6. The molecule has 3 heterocycles. The van der Waals surface area contributed by atoms with Crippen molar-refractivity contribution in [2.45, 2.75) is 37.2 Å². The molecule has 5 heteroatoms. The molecular weight excluding hydrogens is 274 g/mol. The van der Waals surface area contributed by atoms with Gasteiger partial charge in [0.1, 0.15) is 0 Å². The highest BCUT2D eigenvalue weighted by molar-refractivity contribution is 7.10. The molecule has 0 aromatic carbocycles. The number of hydrogen-bond donors (Lipinski definition) is 1. The van der Waals surface area contributed by atoms with Crippen molar-refractivity contribution in [1.82, 2.24) is 5.32 Å². The van der Waals surface area contributed by atoms with Crippen LogP contribution >= 0.6 is 11.3 Å². The molecule has 2 fully saturated rings. The molecule has 2 aliphatic rings. The summed E-state index contributed by atoms with van der Waals surface area (Å²) in [4.78, 5) is 13.9. The Balaban J connectivity index is 1.70. The van der Waals surface area contributed by atoms with E-state index in [1.807, 2.05) is 11.4 Å². The standard InChI is InChI=1S/C15H21NO3S/c17-14(16-11-12-3-1-7-19-12)15(5-8-18-9-6-15)13-4-2-10-20-13/h2,4,10,12H,1,3,5-9,11H2,(H,16,17)/t12-/m1/s1. The molecule has 4 nitrogen and oxygen atoms in total.